The topological polar surface area (TPSA) is 40.5 Å². The summed E-state index contributed by atoms with van der Waals surface area (Å²) in [5, 5.41) is 9.14. The Bertz CT molecular complexity index is 240. The monoisotopic (exact) mass is 225 g/mol. The molecule has 92 valence electrons. The number of allylic oxidation sites excluding steroid dienone is 1. The van der Waals surface area contributed by atoms with Crippen molar-refractivity contribution in [3.8, 4) is 0 Å². The molecule has 0 aromatic heterocycles. The summed E-state index contributed by atoms with van der Waals surface area (Å²) in [6, 6.07) is -0.251. The molecular formula is C13H23NO2. The molecule has 1 aliphatic heterocycles. The van der Waals surface area contributed by atoms with Crippen LogP contribution in [0.2, 0.25) is 0 Å². The molecule has 3 heteroatoms. The predicted molar refractivity (Wildman–Crippen MR) is 65.4 cm³/mol. The Hall–Kier alpha value is -0.830. The van der Waals surface area contributed by atoms with Gasteiger partial charge in [-0.1, -0.05) is 19.4 Å². The first-order valence-corrected chi connectivity index (χ1v) is 6.24. The zero-order valence-corrected chi connectivity index (χ0v) is 10.2. The van der Waals surface area contributed by atoms with Crippen LogP contribution < -0.4 is 0 Å². The van der Waals surface area contributed by atoms with Crippen LogP contribution in [0.25, 0.3) is 0 Å². The molecule has 1 heterocycles. The van der Waals surface area contributed by atoms with Crippen LogP contribution in [0.5, 0.6) is 0 Å². The number of carbonyl (C=O) groups is 1. The Kier molecular flexibility index (Phi) is 5.53. The average molecular weight is 225 g/mol. The van der Waals surface area contributed by atoms with Gasteiger partial charge in [0.25, 0.3) is 0 Å². The Morgan fingerprint density at radius 3 is 2.88 bits per heavy atom. The highest BCUT2D eigenvalue weighted by atomic mass is 16.4. The van der Waals surface area contributed by atoms with Gasteiger partial charge in [-0.2, -0.15) is 0 Å². The molecule has 0 bridgehead atoms. The largest absolute Gasteiger partial charge is 0.480 e. The van der Waals surface area contributed by atoms with Crippen molar-refractivity contribution < 1.29 is 9.90 Å². The average Bonchev–Trinajstić information content (AvgIpc) is 2.59. The van der Waals surface area contributed by atoms with Gasteiger partial charge < -0.3 is 5.11 Å². The van der Waals surface area contributed by atoms with Crippen molar-refractivity contribution in [2.45, 2.75) is 45.1 Å². The quantitative estimate of drug-likeness (QED) is 0.534. The molecule has 0 amide bonds. The zero-order chi connectivity index (χ0) is 12.0. The van der Waals surface area contributed by atoms with Crippen molar-refractivity contribution in [3.63, 3.8) is 0 Å². The second-order valence-corrected chi connectivity index (χ2v) is 4.72. The fourth-order valence-corrected chi connectivity index (χ4v) is 2.46. The highest BCUT2D eigenvalue weighted by Crippen LogP contribution is 2.24. The minimum Gasteiger partial charge on any atom is -0.480 e. The van der Waals surface area contributed by atoms with E-state index in [9.17, 15) is 4.79 Å². The lowest BCUT2D eigenvalue weighted by Crippen LogP contribution is -2.39. The molecule has 0 aliphatic carbocycles. The van der Waals surface area contributed by atoms with Crippen molar-refractivity contribution >= 4 is 5.97 Å². The van der Waals surface area contributed by atoms with Gasteiger partial charge in [0, 0.05) is 0 Å². The van der Waals surface area contributed by atoms with Gasteiger partial charge in [0.1, 0.15) is 6.04 Å². The van der Waals surface area contributed by atoms with Gasteiger partial charge in [0.05, 0.1) is 0 Å². The van der Waals surface area contributed by atoms with Crippen LogP contribution in [0.4, 0.5) is 0 Å². The van der Waals surface area contributed by atoms with Crippen molar-refractivity contribution in [1.82, 2.24) is 4.90 Å². The summed E-state index contributed by atoms with van der Waals surface area (Å²) in [6.45, 7) is 7.60. The molecule has 1 N–H and O–H groups in total. The maximum atomic E-state index is 11.1. The third-order valence-electron chi connectivity index (χ3n) is 3.41. The van der Waals surface area contributed by atoms with Crippen LogP contribution in [-0.4, -0.2) is 35.1 Å². The third-order valence-corrected chi connectivity index (χ3v) is 3.41. The van der Waals surface area contributed by atoms with E-state index in [1.165, 1.54) is 12.8 Å². The summed E-state index contributed by atoms with van der Waals surface area (Å²) in [4.78, 5) is 13.2. The van der Waals surface area contributed by atoms with E-state index in [1.807, 2.05) is 13.0 Å². The molecule has 0 unspecified atom stereocenters. The Balaban J connectivity index is 2.25. The van der Waals surface area contributed by atoms with Crippen LogP contribution in [0.3, 0.4) is 0 Å². The molecule has 16 heavy (non-hydrogen) atoms. The first-order chi connectivity index (χ1) is 7.66. The number of unbranched alkanes of at least 4 members (excludes halogenated alkanes) is 3. The van der Waals surface area contributed by atoms with E-state index in [-0.39, 0.29) is 6.04 Å². The van der Waals surface area contributed by atoms with Crippen molar-refractivity contribution in [2.24, 2.45) is 5.92 Å². The highest BCUT2D eigenvalue weighted by molar-refractivity contribution is 5.74. The van der Waals surface area contributed by atoms with Crippen LogP contribution in [0, 0.1) is 5.92 Å². The second kappa shape index (κ2) is 6.69. The van der Waals surface area contributed by atoms with E-state index in [4.69, 9.17) is 5.11 Å². The number of hydrogen-bond donors (Lipinski definition) is 1. The van der Waals surface area contributed by atoms with E-state index in [0.29, 0.717) is 5.92 Å². The number of carboxylic acids is 1. The molecule has 0 spiro atoms. The molecule has 0 aromatic rings. The lowest BCUT2D eigenvalue weighted by Gasteiger charge is -2.22. The van der Waals surface area contributed by atoms with Gasteiger partial charge in [-0.05, 0) is 44.7 Å². The summed E-state index contributed by atoms with van der Waals surface area (Å²) in [5.74, 6) is -0.359. The van der Waals surface area contributed by atoms with Crippen LogP contribution in [0.15, 0.2) is 12.7 Å². The number of carboxylic acid groups (broad SMARTS) is 1. The summed E-state index contributed by atoms with van der Waals surface area (Å²) in [5.41, 5.74) is 0. The molecule has 1 fully saturated rings. The molecule has 0 saturated carbocycles. The fraction of sp³-hybridized carbons (Fsp3) is 0.769. The van der Waals surface area contributed by atoms with Crippen LogP contribution >= 0.6 is 0 Å². The summed E-state index contributed by atoms with van der Waals surface area (Å²) in [7, 11) is 0. The molecule has 1 rings (SSSR count). The van der Waals surface area contributed by atoms with Gasteiger partial charge >= 0.3 is 5.97 Å². The van der Waals surface area contributed by atoms with E-state index in [0.717, 1.165) is 32.4 Å². The molecule has 3 nitrogen and oxygen atoms in total. The molecule has 0 radical (unpaired) electrons. The molecule has 1 aliphatic rings. The lowest BCUT2D eigenvalue weighted by atomic mass is 10.0. The maximum Gasteiger partial charge on any atom is 0.321 e. The fourth-order valence-electron chi connectivity index (χ4n) is 2.46. The normalized spacial score (nSPS) is 25.8. The Labute approximate surface area is 98.1 Å². The van der Waals surface area contributed by atoms with Crippen molar-refractivity contribution in [3.05, 3.63) is 12.7 Å². The summed E-state index contributed by atoms with van der Waals surface area (Å²) < 4.78 is 0. The van der Waals surface area contributed by atoms with Gasteiger partial charge in [0.2, 0.25) is 0 Å². The Morgan fingerprint density at radius 2 is 2.25 bits per heavy atom. The van der Waals surface area contributed by atoms with Crippen LogP contribution in [0.1, 0.15) is 39.0 Å². The summed E-state index contributed by atoms with van der Waals surface area (Å²) >= 11 is 0. The van der Waals surface area contributed by atoms with E-state index >= 15 is 0 Å². The molecule has 1 saturated heterocycles. The number of hydrogen-bond acceptors (Lipinski definition) is 2. The zero-order valence-electron chi connectivity index (χ0n) is 10.2. The number of nitrogens with zero attached hydrogens (tertiary/aromatic N) is 1. The van der Waals surface area contributed by atoms with Crippen molar-refractivity contribution in [2.75, 3.05) is 13.1 Å². The molecular weight excluding hydrogens is 202 g/mol. The first kappa shape index (κ1) is 13.2. The smallest absolute Gasteiger partial charge is 0.321 e. The standard InChI is InChI=1S/C13H23NO2/c1-3-4-5-6-7-9-14-10-8-11(2)12(14)13(15)16/h3,11-12H,1,4-10H2,2H3,(H,15,16)/t11-,12-/m0/s1. The number of aliphatic carboxylic acids is 1. The highest BCUT2D eigenvalue weighted by Gasteiger charge is 2.35. The first-order valence-electron chi connectivity index (χ1n) is 6.24. The van der Waals surface area contributed by atoms with Gasteiger partial charge in [-0.15, -0.1) is 6.58 Å². The van der Waals surface area contributed by atoms with E-state index < -0.39 is 5.97 Å². The van der Waals surface area contributed by atoms with Gasteiger partial charge in [-0.3, -0.25) is 9.69 Å². The lowest BCUT2D eigenvalue weighted by molar-refractivity contribution is -0.143. The maximum absolute atomic E-state index is 11.1. The molecule has 2 atom stereocenters. The Morgan fingerprint density at radius 1 is 1.50 bits per heavy atom. The van der Waals surface area contributed by atoms with Gasteiger partial charge in [0.15, 0.2) is 0 Å². The van der Waals surface area contributed by atoms with Crippen molar-refractivity contribution in [1.29, 1.82) is 0 Å². The van der Waals surface area contributed by atoms with E-state index in [2.05, 4.69) is 11.5 Å². The predicted octanol–water partition coefficient (Wildman–Crippen LogP) is 2.53. The second-order valence-electron chi connectivity index (χ2n) is 4.72. The SMILES string of the molecule is C=CCCCCCN1CC[C@H](C)[C@H]1C(=O)O. The van der Waals surface area contributed by atoms with Gasteiger partial charge in [-0.25, -0.2) is 0 Å². The summed E-state index contributed by atoms with van der Waals surface area (Å²) in [6.07, 6.45) is 7.47. The van der Waals surface area contributed by atoms with E-state index in [1.54, 1.807) is 0 Å². The molecule has 0 aromatic carbocycles. The number of rotatable bonds is 7. The van der Waals surface area contributed by atoms with Crippen LogP contribution in [-0.2, 0) is 4.79 Å². The third kappa shape index (κ3) is 3.63. The number of likely N-dealkylation sites (tertiary alicyclic amines) is 1. The minimum absolute atomic E-state index is 0.251. The minimum atomic E-state index is -0.656.